The van der Waals surface area contributed by atoms with Gasteiger partial charge >= 0.3 is 11.9 Å². The lowest BCUT2D eigenvalue weighted by atomic mass is 9.95. The van der Waals surface area contributed by atoms with Crippen molar-refractivity contribution in [2.75, 3.05) is 13.1 Å². The van der Waals surface area contributed by atoms with Gasteiger partial charge in [-0.2, -0.15) is 0 Å². The first-order chi connectivity index (χ1) is 45.6. The number of fused-ring (bicyclic) bond motifs is 3. The second-order valence-corrected chi connectivity index (χ2v) is 24.7. The van der Waals surface area contributed by atoms with E-state index in [9.17, 15) is 48.6 Å². The third-order valence-electron chi connectivity index (χ3n) is 16.4. The molecular formula is C66H92N18O12. The van der Waals surface area contributed by atoms with Gasteiger partial charge in [-0.1, -0.05) is 103 Å². The summed E-state index contributed by atoms with van der Waals surface area (Å²) in [6, 6.07) is 9.18. The molecule has 0 radical (unpaired) electrons. The molecular weight excluding hydrogens is 1240 g/mol. The number of carboxylic acids is 2. The molecule has 6 rings (SSSR count). The Labute approximate surface area is 555 Å². The normalized spacial score (nSPS) is 14.5. The summed E-state index contributed by atoms with van der Waals surface area (Å²) in [6.07, 6.45) is 4.44. The van der Waals surface area contributed by atoms with Crippen molar-refractivity contribution >= 4 is 104 Å². The number of aliphatic carboxylic acids is 2. The summed E-state index contributed by atoms with van der Waals surface area (Å²) in [6.45, 7) is 10.6. The smallest absolute Gasteiger partial charge is 0.326 e. The minimum absolute atomic E-state index is 0.0381. The van der Waals surface area contributed by atoms with Gasteiger partial charge in [-0.3, -0.25) is 53.1 Å². The first-order valence-corrected chi connectivity index (χ1v) is 32.0. The van der Waals surface area contributed by atoms with Crippen molar-refractivity contribution < 1.29 is 58.2 Å². The third-order valence-corrected chi connectivity index (χ3v) is 16.4. The van der Waals surface area contributed by atoms with Gasteiger partial charge in [0, 0.05) is 83.7 Å². The number of guanidine groups is 2. The average Bonchev–Trinajstić information content (AvgIpc) is 1.63. The summed E-state index contributed by atoms with van der Waals surface area (Å²) in [5.74, 6) is -11.2. The quantitative estimate of drug-likeness (QED) is 0.0145. The van der Waals surface area contributed by atoms with Crippen LogP contribution in [0, 0.1) is 17.8 Å². The van der Waals surface area contributed by atoms with Crippen LogP contribution in [0.5, 0.6) is 0 Å². The molecule has 0 bridgehead atoms. The number of nitrogens with two attached hydrogens (primary N) is 5. The molecule has 0 unspecified atom stereocenters. The number of hydrogen-bond acceptors (Lipinski definition) is 13. The van der Waals surface area contributed by atoms with Crippen LogP contribution in [0.25, 0.3) is 32.7 Å². The van der Waals surface area contributed by atoms with Crippen LogP contribution in [0.4, 0.5) is 0 Å². The van der Waals surface area contributed by atoms with Crippen molar-refractivity contribution in [3.8, 4) is 0 Å². The summed E-state index contributed by atoms with van der Waals surface area (Å²) in [7, 11) is 0. The van der Waals surface area contributed by atoms with Crippen molar-refractivity contribution in [3.05, 3.63) is 108 Å². The highest BCUT2D eigenvalue weighted by atomic mass is 16.4. The monoisotopic (exact) mass is 1330 g/mol. The number of aromatic nitrogens is 3. The van der Waals surface area contributed by atoms with E-state index in [-0.39, 0.29) is 82.3 Å². The Bertz CT molecular complexity index is 3750. The summed E-state index contributed by atoms with van der Waals surface area (Å²) in [5, 5.41) is 43.6. The topological polar surface area (TPSA) is 510 Å². The summed E-state index contributed by atoms with van der Waals surface area (Å²) < 4.78 is 0. The molecule has 3 heterocycles. The highest BCUT2D eigenvalue weighted by Gasteiger charge is 2.38. The highest BCUT2D eigenvalue weighted by molar-refractivity contribution is 6.00. The standard InChI is InChI=1S/C66H92N18O12/c1-7-36(6)55(63(94)82-51(28-38-32-75-45-20-12-9-17-41(38)45)58(89)77-47(22-14-24-72-65(68)69)57(88)78-48(64(95)96)23-15-25-73-66(70)71)84-61(92)52(29-39-33-76-46-21-13-10-18-42(39)46)81-62(93)54(35(4)5)83-60(91)49(26-34(2)3)80-59(90)50(79-56(87)43(67)30-53(85)86)27-37-31-74-44-19-11-8-16-40(37)44/h8-13,16-21,31-36,43,47-52,54-55,74-76H,7,14-15,22-30,67H2,1-6H3,(H,77,89)(H,78,88)(H,79,87)(H,80,90)(H,81,93)(H,82,94)(H,83,91)(H,84,92)(H,85,86)(H,95,96)(H4,68,69,72)(H4,70,71,73)/t36-,43-,47-,48-,49-,50-,51-,52-,54-,55-/m0/s1. The van der Waals surface area contributed by atoms with E-state index in [1.165, 1.54) is 0 Å². The Morgan fingerprint density at radius 2 is 0.812 bits per heavy atom. The summed E-state index contributed by atoms with van der Waals surface area (Å²) >= 11 is 0. The number of hydrogen-bond donors (Lipinski definition) is 18. The average molecular weight is 1330 g/mol. The van der Waals surface area contributed by atoms with Gasteiger partial charge < -0.3 is 96.4 Å². The molecule has 3 aromatic heterocycles. The second-order valence-electron chi connectivity index (χ2n) is 24.7. The summed E-state index contributed by atoms with van der Waals surface area (Å²) in [4.78, 5) is 158. The van der Waals surface area contributed by atoms with Crippen molar-refractivity contribution in [3.63, 3.8) is 0 Å². The lowest BCUT2D eigenvalue weighted by Gasteiger charge is -2.30. The van der Waals surface area contributed by atoms with Gasteiger partial charge in [-0.05, 0) is 84.7 Å². The Hall–Kier alpha value is -10.5. The number of carboxylic acid groups (broad SMARTS) is 2. The SMILES string of the molecule is CC[C@H](C)[C@H](NC(=O)[C@H](Cc1c[nH]c2ccccc12)NC(=O)[C@@H](NC(=O)[C@H](CC(C)C)NC(=O)[C@H](Cc1c[nH]c2ccccc12)NC(=O)[C@@H](N)CC(=O)O)C(C)C)C(=O)N[C@@H](Cc1c[nH]c2ccccc12)C(=O)N[C@@H](CCCN=C(N)N)C(=O)N[C@@H](CCCN=C(N)N)C(=O)O. The molecule has 6 aromatic rings. The number of para-hydroxylation sites is 3. The van der Waals surface area contributed by atoms with Crippen LogP contribution in [-0.4, -0.2) is 164 Å². The largest absolute Gasteiger partial charge is 0.481 e. The Kier molecular flexibility index (Phi) is 27.7. The number of amides is 8. The number of benzene rings is 3. The zero-order valence-corrected chi connectivity index (χ0v) is 54.8. The van der Waals surface area contributed by atoms with Crippen molar-refractivity contribution in [1.82, 2.24) is 57.5 Å². The Morgan fingerprint density at radius 3 is 1.22 bits per heavy atom. The van der Waals surface area contributed by atoms with E-state index in [0.29, 0.717) is 28.5 Å². The number of carbonyl (C=O) groups excluding carboxylic acids is 8. The molecule has 23 N–H and O–H groups in total. The Morgan fingerprint density at radius 1 is 0.458 bits per heavy atom. The number of aliphatic imine (C=N–C) groups is 2. The predicted molar refractivity (Wildman–Crippen MR) is 363 cm³/mol. The van der Waals surface area contributed by atoms with E-state index in [2.05, 4.69) is 67.5 Å². The molecule has 0 aliphatic heterocycles. The second kappa shape index (κ2) is 35.7. The van der Waals surface area contributed by atoms with Crippen molar-refractivity contribution in [2.45, 2.75) is 160 Å². The number of H-pyrrole nitrogens is 3. The molecule has 8 amide bonds. The molecule has 0 aliphatic rings. The van der Waals surface area contributed by atoms with E-state index in [1.807, 2.05) is 68.4 Å². The van der Waals surface area contributed by atoms with E-state index in [0.717, 1.165) is 27.3 Å². The van der Waals surface area contributed by atoms with Gasteiger partial charge in [-0.15, -0.1) is 0 Å². The minimum Gasteiger partial charge on any atom is -0.481 e. The van der Waals surface area contributed by atoms with Crippen LogP contribution >= 0.6 is 0 Å². The number of nitrogens with one attached hydrogen (secondary N) is 11. The first-order valence-electron chi connectivity index (χ1n) is 32.0. The van der Waals surface area contributed by atoms with Crippen LogP contribution in [0.15, 0.2) is 101 Å². The van der Waals surface area contributed by atoms with E-state index in [1.54, 1.807) is 64.5 Å². The van der Waals surface area contributed by atoms with E-state index < -0.39 is 132 Å². The lowest BCUT2D eigenvalue weighted by molar-refractivity contribution is -0.142. The van der Waals surface area contributed by atoms with Crippen molar-refractivity contribution in [2.24, 2.45) is 56.4 Å². The highest BCUT2D eigenvalue weighted by Crippen LogP contribution is 2.24. The molecule has 0 saturated carbocycles. The zero-order valence-electron chi connectivity index (χ0n) is 54.8. The molecule has 518 valence electrons. The maximum Gasteiger partial charge on any atom is 0.326 e. The van der Waals surface area contributed by atoms with Gasteiger partial charge in [0.1, 0.15) is 48.3 Å². The minimum atomic E-state index is -1.51. The molecule has 30 heteroatoms. The van der Waals surface area contributed by atoms with Gasteiger partial charge in [0.05, 0.1) is 12.5 Å². The predicted octanol–water partition coefficient (Wildman–Crippen LogP) is 0.779. The van der Waals surface area contributed by atoms with Crippen molar-refractivity contribution in [1.29, 1.82) is 0 Å². The number of nitrogens with zero attached hydrogens (tertiary/aromatic N) is 2. The fraction of sp³-hybridized carbons (Fsp3) is 0.455. The molecule has 30 nitrogen and oxygen atoms in total. The number of aromatic amines is 3. The maximum atomic E-state index is 15.2. The molecule has 0 aliphatic carbocycles. The fourth-order valence-electron chi connectivity index (χ4n) is 11.1. The van der Waals surface area contributed by atoms with Crippen LogP contribution in [0.3, 0.4) is 0 Å². The lowest BCUT2D eigenvalue weighted by Crippen LogP contribution is -2.62. The van der Waals surface area contributed by atoms with Crippen LogP contribution in [0.2, 0.25) is 0 Å². The first kappa shape index (κ1) is 74.5. The number of carbonyl (C=O) groups is 10. The van der Waals surface area contributed by atoms with Gasteiger partial charge in [0.2, 0.25) is 47.3 Å². The molecule has 0 fully saturated rings. The maximum absolute atomic E-state index is 15.2. The van der Waals surface area contributed by atoms with Gasteiger partial charge in [0.25, 0.3) is 0 Å². The van der Waals surface area contributed by atoms with Crippen LogP contribution < -0.4 is 71.2 Å². The van der Waals surface area contributed by atoms with Crippen LogP contribution in [0.1, 0.15) is 103 Å². The third kappa shape index (κ3) is 21.8. The Balaban J connectivity index is 1.29. The molecule has 0 spiro atoms. The summed E-state index contributed by atoms with van der Waals surface area (Å²) in [5.41, 5.74) is 32.0. The molecule has 96 heavy (non-hydrogen) atoms. The van der Waals surface area contributed by atoms with E-state index >= 15 is 9.59 Å². The van der Waals surface area contributed by atoms with Gasteiger partial charge in [-0.25, -0.2) is 4.79 Å². The zero-order chi connectivity index (χ0) is 70.3. The molecule has 0 saturated heterocycles. The molecule has 10 atom stereocenters. The number of rotatable bonds is 38. The van der Waals surface area contributed by atoms with Crippen LogP contribution in [-0.2, 0) is 67.2 Å². The van der Waals surface area contributed by atoms with Gasteiger partial charge in [0.15, 0.2) is 11.9 Å². The fourth-order valence-corrected chi connectivity index (χ4v) is 11.1. The van der Waals surface area contributed by atoms with E-state index in [4.69, 9.17) is 28.7 Å². The molecule has 3 aromatic carbocycles.